The number of carbonyl (C=O) groups is 1. The summed E-state index contributed by atoms with van der Waals surface area (Å²) < 4.78 is 10.9. The number of para-hydroxylation sites is 1. The van der Waals surface area contributed by atoms with Gasteiger partial charge in [0.05, 0.1) is 7.11 Å². The summed E-state index contributed by atoms with van der Waals surface area (Å²) in [5, 5.41) is 0.942. The smallest absolute Gasteiger partial charge is 0.202 e. The summed E-state index contributed by atoms with van der Waals surface area (Å²) in [4.78, 5) is 12.4. The third-order valence-electron chi connectivity index (χ3n) is 3.49. The average molecular weight is 280 g/mol. The number of hydrogen-bond acceptors (Lipinski definition) is 3. The molecule has 0 fully saturated rings. The van der Waals surface area contributed by atoms with Crippen molar-refractivity contribution < 1.29 is 13.9 Å². The van der Waals surface area contributed by atoms with E-state index in [0.29, 0.717) is 5.76 Å². The molecule has 3 rings (SSSR count). The molecule has 0 unspecified atom stereocenters. The second kappa shape index (κ2) is 5.44. The van der Waals surface area contributed by atoms with Crippen molar-refractivity contribution in [1.29, 1.82) is 0 Å². The van der Waals surface area contributed by atoms with Gasteiger partial charge in [-0.2, -0.15) is 0 Å². The van der Waals surface area contributed by atoms with Crippen molar-refractivity contribution in [3.63, 3.8) is 0 Å². The lowest BCUT2D eigenvalue weighted by Crippen LogP contribution is -2.04. The van der Waals surface area contributed by atoms with Crippen LogP contribution >= 0.6 is 0 Å². The molecule has 2 aromatic carbocycles. The molecule has 0 aliphatic carbocycles. The van der Waals surface area contributed by atoms with Crippen LogP contribution in [-0.4, -0.2) is 12.9 Å². The van der Waals surface area contributed by atoms with E-state index < -0.39 is 0 Å². The molecule has 0 saturated carbocycles. The highest BCUT2D eigenvalue weighted by Crippen LogP contribution is 2.24. The van der Waals surface area contributed by atoms with Gasteiger partial charge in [0.15, 0.2) is 5.76 Å². The second-order valence-electron chi connectivity index (χ2n) is 5.06. The van der Waals surface area contributed by atoms with E-state index in [4.69, 9.17) is 9.15 Å². The molecule has 0 radical (unpaired) electrons. The fraction of sp³-hybridized carbons (Fsp3) is 0.167. The number of methoxy groups -OCH3 is 1. The Kier molecular flexibility index (Phi) is 3.48. The monoisotopic (exact) mass is 280 g/mol. The maximum atomic E-state index is 12.4. The number of rotatable bonds is 4. The summed E-state index contributed by atoms with van der Waals surface area (Å²) in [5.41, 5.74) is 2.71. The summed E-state index contributed by atoms with van der Waals surface area (Å²) in [6, 6.07) is 15.2. The fourth-order valence-electron chi connectivity index (χ4n) is 2.42. The molecule has 3 heteroatoms. The molecule has 0 spiro atoms. The summed E-state index contributed by atoms with van der Waals surface area (Å²) >= 11 is 0. The van der Waals surface area contributed by atoms with E-state index in [0.717, 1.165) is 27.8 Å². The van der Waals surface area contributed by atoms with Gasteiger partial charge in [-0.05, 0) is 25.1 Å². The van der Waals surface area contributed by atoms with Gasteiger partial charge in [-0.1, -0.05) is 35.9 Å². The number of benzene rings is 2. The molecule has 0 atom stereocenters. The Morgan fingerprint density at radius 2 is 1.95 bits per heavy atom. The largest absolute Gasteiger partial charge is 0.496 e. The Morgan fingerprint density at radius 1 is 1.14 bits per heavy atom. The van der Waals surface area contributed by atoms with E-state index in [1.165, 1.54) is 0 Å². The SMILES string of the molecule is COc1ccc(C)cc1CC(=O)c1cc2ccccc2o1. The number of Topliss-reactive ketones (excluding diaryl/α,β-unsaturated/α-hetero) is 1. The predicted molar refractivity (Wildman–Crippen MR) is 82.0 cm³/mol. The molecular formula is C18H16O3. The molecule has 1 heterocycles. The minimum Gasteiger partial charge on any atom is -0.496 e. The molecule has 0 aliphatic rings. The normalized spacial score (nSPS) is 10.8. The number of aryl methyl sites for hydroxylation is 1. The van der Waals surface area contributed by atoms with E-state index in [-0.39, 0.29) is 12.2 Å². The molecule has 0 saturated heterocycles. The van der Waals surface area contributed by atoms with E-state index >= 15 is 0 Å². The molecular weight excluding hydrogens is 264 g/mol. The molecule has 0 N–H and O–H groups in total. The van der Waals surface area contributed by atoms with Crippen LogP contribution in [0.2, 0.25) is 0 Å². The third-order valence-corrected chi connectivity index (χ3v) is 3.49. The van der Waals surface area contributed by atoms with Gasteiger partial charge in [0, 0.05) is 17.4 Å². The van der Waals surface area contributed by atoms with Crippen molar-refractivity contribution in [1.82, 2.24) is 0 Å². The van der Waals surface area contributed by atoms with Crippen LogP contribution < -0.4 is 4.74 Å². The van der Waals surface area contributed by atoms with E-state index in [1.807, 2.05) is 49.4 Å². The van der Waals surface area contributed by atoms with Gasteiger partial charge in [-0.15, -0.1) is 0 Å². The first kappa shape index (κ1) is 13.4. The van der Waals surface area contributed by atoms with Gasteiger partial charge in [-0.3, -0.25) is 4.79 Å². The number of ether oxygens (including phenoxy) is 1. The van der Waals surface area contributed by atoms with Gasteiger partial charge in [-0.25, -0.2) is 0 Å². The third kappa shape index (κ3) is 2.68. The van der Waals surface area contributed by atoms with Crippen LogP contribution in [0, 0.1) is 6.92 Å². The van der Waals surface area contributed by atoms with Crippen LogP contribution in [0.1, 0.15) is 21.7 Å². The summed E-state index contributed by atoms with van der Waals surface area (Å²) in [6.07, 6.45) is 0.269. The Bertz CT molecular complexity index is 766. The highest BCUT2D eigenvalue weighted by molar-refractivity contribution is 5.99. The molecule has 3 aromatic rings. The van der Waals surface area contributed by atoms with Gasteiger partial charge in [0.2, 0.25) is 5.78 Å². The molecule has 3 nitrogen and oxygen atoms in total. The Balaban J connectivity index is 1.91. The molecule has 1 aromatic heterocycles. The van der Waals surface area contributed by atoms with Crippen molar-refractivity contribution in [2.24, 2.45) is 0 Å². The maximum Gasteiger partial charge on any atom is 0.202 e. The van der Waals surface area contributed by atoms with Gasteiger partial charge in [0.1, 0.15) is 11.3 Å². The number of carbonyl (C=O) groups excluding carboxylic acids is 1. The number of fused-ring (bicyclic) bond motifs is 1. The summed E-state index contributed by atoms with van der Waals surface area (Å²) in [5.74, 6) is 1.07. The molecule has 0 aliphatic heterocycles. The predicted octanol–water partition coefficient (Wildman–Crippen LogP) is 4.18. The van der Waals surface area contributed by atoms with Crippen molar-refractivity contribution in [2.45, 2.75) is 13.3 Å². The fourth-order valence-corrected chi connectivity index (χ4v) is 2.42. The van der Waals surface area contributed by atoms with Crippen LogP contribution in [0.4, 0.5) is 0 Å². The first-order valence-electron chi connectivity index (χ1n) is 6.82. The summed E-state index contributed by atoms with van der Waals surface area (Å²) in [7, 11) is 1.61. The van der Waals surface area contributed by atoms with Crippen LogP contribution in [0.5, 0.6) is 5.75 Å². The number of ketones is 1. The minimum absolute atomic E-state index is 0.0462. The quantitative estimate of drug-likeness (QED) is 0.673. The van der Waals surface area contributed by atoms with Crippen LogP contribution in [0.15, 0.2) is 52.9 Å². The molecule has 106 valence electrons. The zero-order chi connectivity index (χ0) is 14.8. The van der Waals surface area contributed by atoms with Crippen molar-refractivity contribution >= 4 is 16.8 Å². The van der Waals surface area contributed by atoms with E-state index in [1.54, 1.807) is 13.2 Å². The van der Waals surface area contributed by atoms with E-state index in [2.05, 4.69) is 0 Å². The standard InChI is InChI=1S/C18H16O3/c1-12-7-8-16(20-2)14(9-12)10-15(19)18-11-13-5-3-4-6-17(13)21-18/h3-9,11H,10H2,1-2H3. The number of furan rings is 1. The van der Waals surface area contributed by atoms with E-state index in [9.17, 15) is 4.79 Å². The lowest BCUT2D eigenvalue weighted by atomic mass is 10.0. The van der Waals surface area contributed by atoms with Gasteiger partial charge >= 0.3 is 0 Å². The zero-order valence-corrected chi connectivity index (χ0v) is 12.1. The Labute approximate surface area is 123 Å². The first-order valence-corrected chi connectivity index (χ1v) is 6.82. The average Bonchev–Trinajstić information content (AvgIpc) is 2.91. The lowest BCUT2D eigenvalue weighted by molar-refractivity contribution is 0.0967. The second-order valence-corrected chi connectivity index (χ2v) is 5.06. The summed E-state index contributed by atoms with van der Waals surface area (Å²) in [6.45, 7) is 1.99. The Hall–Kier alpha value is -2.55. The van der Waals surface area contributed by atoms with Crippen LogP contribution in [-0.2, 0) is 6.42 Å². The molecule has 0 bridgehead atoms. The van der Waals surface area contributed by atoms with Gasteiger partial charge < -0.3 is 9.15 Å². The van der Waals surface area contributed by atoms with Gasteiger partial charge in [0.25, 0.3) is 0 Å². The van der Waals surface area contributed by atoms with Crippen LogP contribution in [0.25, 0.3) is 11.0 Å². The zero-order valence-electron chi connectivity index (χ0n) is 12.1. The topological polar surface area (TPSA) is 39.4 Å². The van der Waals surface area contributed by atoms with Crippen molar-refractivity contribution in [2.75, 3.05) is 7.11 Å². The van der Waals surface area contributed by atoms with Crippen LogP contribution in [0.3, 0.4) is 0 Å². The number of hydrogen-bond donors (Lipinski definition) is 0. The highest BCUT2D eigenvalue weighted by atomic mass is 16.5. The maximum absolute atomic E-state index is 12.4. The first-order chi connectivity index (χ1) is 10.2. The molecule has 21 heavy (non-hydrogen) atoms. The minimum atomic E-state index is -0.0462. The van der Waals surface area contributed by atoms with Crippen molar-refractivity contribution in [3.05, 3.63) is 65.4 Å². The Morgan fingerprint density at radius 3 is 2.71 bits per heavy atom. The highest BCUT2D eigenvalue weighted by Gasteiger charge is 2.15. The molecule has 0 amide bonds. The lowest BCUT2D eigenvalue weighted by Gasteiger charge is -2.08. The van der Waals surface area contributed by atoms with Crippen molar-refractivity contribution in [3.8, 4) is 5.75 Å².